The van der Waals surface area contributed by atoms with E-state index in [9.17, 15) is 4.79 Å². The van der Waals surface area contributed by atoms with Gasteiger partial charge < -0.3 is 10.5 Å². The molecule has 0 aromatic rings. The van der Waals surface area contributed by atoms with E-state index in [1.54, 1.807) is 0 Å². The summed E-state index contributed by atoms with van der Waals surface area (Å²) in [6, 6.07) is 0. The van der Waals surface area contributed by atoms with Crippen LogP contribution in [0.15, 0.2) is 12.7 Å². The minimum Gasteiger partial charge on any atom is -0.457 e. The number of carbonyl (C=O) groups excluding carboxylic acids is 1. The van der Waals surface area contributed by atoms with Crippen molar-refractivity contribution in [3.63, 3.8) is 0 Å². The average Bonchev–Trinajstić information content (AvgIpc) is 2.15. The lowest BCUT2D eigenvalue weighted by Crippen LogP contribution is -2.46. The van der Waals surface area contributed by atoms with Gasteiger partial charge in [-0.2, -0.15) is 0 Å². The maximum Gasteiger partial charge on any atom is 0.330 e. The van der Waals surface area contributed by atoms with Gasteiger partial charge in [0.2, 0.25) is 0 Å². The van der Waals surface area contributed by atoms with Crippen LogP contribution in [0, 0.1) is 11.8 Å². The highest BCUT2D eigenvalue weighted by Gasteiger charge is 2.26. The van der Waals surface area contributed by atoms with Crippen molar-refractivity contribution in [2.45, 2.75) is 66.5 Å². The topological polar surface area (TPSA) is 52.3 Å². The highest BCUT2D eigenvalue weighted by molar-refractivity contribution is 5.81. The molecular weight excluding hydrogens is 226 g/mol. The lowest BCUT2D eigenvalue weighted by atomic mass is 9.80. The smallest absolute Gasteiger partial charge is 0.330 e. The first-order valence-electron chi connectivity index (χ1n) is 6.48. The quantitative estimate of drug-likeness (QED) is 0.621. The van der Waals surface area contributed by atoms with Crippen molar-refractivity contribution in [1.29, 1.82) is 0 Å². The molecule has 0 saturated carbocycles. The second-order valence-electron chi connectivity index (χ2n) is 6.41. The van der Waals surface area contributed by atoms with E-state index in [4.69, 9.17) is 10.5 Å². The van der Waals surface area contributed by atoms with Crippen molar-refractivity contribution in [1.82, 2.24) is 0 Å². The maximum absolute atomic E-state index is 10.5. The van der Waals surface area contributed by atoms with Crippen molar-refractivity contribution in [2.75, 3.05) is 0 Å². The van der Waals surface area contributed by atoms with Gasteiger partial charge in [0.25, 0.3) is 0 Å². The Balaban J connectivity index is 0. The van der Waals surface area contributed by atoms with E-state index >= 15 is 0 Å². The van der Waals surface area contributed by atoms with Gasteiger partial charge in [-0.3, -0.25) is 0 Å². The molecule has 0 unspecified atom stereocenters. The number of esters is 1. The van der Waals surface area contributed by atoms with E-state index < -0.39 is 5.60 Å². The van der Waals surface area contributed by atoms with Gasteiger partial charge in [-0.25, -0.2) is 4.79 Å². The van der Waals surface area contributed by atoms with E-state index in [-0.39, 0.29) is 11.5 Å². The number of carbonyl (C=O) groups is 1. The van der Waals surface area contributed by atoms with Crippen LogP contribution in [0.1, 0.15) is 55.4 Å². The Morgan fingerprint density at radius 3 is 1.50 bits per heavy atom. The molecular formula is C15H31NO2. The molecule has 0 aliphatic rings. The van der Waals surface area contributed by atoms with Gasteiger partial charge in [0.1, 0.15) is 5.60 Å². The SMILES string of the molecule is C=CC(=O)OC(C)(C)C.CC(C)C(C)(N)C(C)C. The Kier molecular flexibility index (Phi) is 8.21. The molecule has 0 atom stereocenters. The molecule has 0 rings (SSSR count). The van der Waals surface area contributed by atoms with Gasteiger partial charge in [-0.1, -0.05) is 34.3 Å². The minimum atomic E-state index is -0.398. The van der Waals surface area contributed by atoms with Crippen LogP contribution in [0.3, 0.4) is 0 Å². The fourth-order valence-corrected chi connectivity index (χ4v) is 1.01. The summed E-state index contributed by atoms with van der Waals surface area (Å²) in [5, 5.41) is 0. The van der Waals surface area contributed by atoms with Gasteiger partial charge in [0.15, 0.2) is 0 Å². The van der Waals surface area contributed by atoms with E-state index in [0.717, 1.165) is 6.08 Å². The molecule has 0 fully saturated rings. The van der Waals surface area contributed by atoms with Crippen molar-refractivity contribution in [3.05, 3.63) is 12.7 Å². The Hall–Kier alpha value is -0.830. The van der Waals surface area contributed by atoms with Crippen molar-refractivity contribution in [3.8, 4) is 0 Å². The normalized spacial score (nSPS) is 11.9. The van der Waals surface area contributed by atoms with Crippen LogP contribution in [0.2, 0.25) is 0 Å². The van der Waals surface area contributed by atoms with Crippen LogP contribution in [0.25, 0.3) is 0 Å². The molecule has 0 aromatic heterocycles. The minimum absolute atomic E-state index is 0.000000000000000222. The molecule has 0 aliphatic carbocycles. The van der Waals surface area contributed by atoms with Crippen LogP contribution in [0.4, 0.5) is 0 Å². The Labute approximate surface area is 113 Å². The second kappa shape index (κ2) is 7.57. The van der Waals surface area contributed by atoms with Crippen molar-refractivity contribution < 1.29 is 9.53 Å². The molecule has 0 radical (unpaired) electrons. The molecule has 0 amide bonds. The zero-order valence-electron chi connectivity index (χ0n) is 13.3. The van der Waals surface area contributed by atoms with Crippen LogP contribution in [0.5, 0.6) is 0 Å². The molecule has 108 valence electrons. The number of rotatable bonds is 3. The first-order valence-corrected chi connectivity index (χ1v) is 6.48. The van der Waals surface area contributed by atoms with Gasteiger partial charge in [-0.05, 0) is 39.5 Å². The molecule has 0 heterocycles. The van der Waals surface area contributed by atoms with Crippen molar-refractivity contribution in [2.24, 2.45) is 17.6 Å². The third-order valence-electron chi connectivity index (χ3n) is 3.06. The summed E-state index contributed by atoms with van der Waals surface area (Å²) in [5.74, 6) is 0.762. The highest BCUT2D eigenvalue weighted by Crippen LogP contribution is 2.21. The third-order valence-corrected chi connectivity index (χ3v) is 3.06. The molecule has 3 nitrogen and oxygen atoms in total. The van der Waals surface area contributed by atoms with Gasteiger partial charge in [0, 0.05) is 11.6 Å². The lowest BCUT2D eigenvalue weighted by molar-refractivity contribution is -0.148. The molecule has 3 heteroatoms. The molecule has 0 saturated heterocycles. The molecule has 0 spiro atoms. The third kappa shape index (κ3) is 9.23. The fourth-order valence-electron chi connectivity index (χ4n) is 1.01. The first kappa shape index (κ1) is 19.5. The zero-order valence-corrected chi connectivity index (χ0v) is 13.3. The molecule has 18 heavy (non-hydrogen) atoms. The predicted octanol–water partition coefficient (Wildman–Crippen LogP) is 3.53. The summed E-state index contributed by atoms with van der Waals surface area (Å²) in [6.07, 6.45) is 1.16. The Bertz CT molecular complexity index is 250. The van der Waals surface area contributed by atoms with E-state index in [1.165, 1.54) is 0 Å². The van der Waals surface area contributed by atoms with Gasteiger partial charge >= 0.3 is 5.97 Å². The predicted molar refractivity (Wildman–Crippen MR) is 78.3 cm³/mol. The largest absolute Gasteiger partial charge is 0.457 e. The Morgan fingerprint density at radius 2 is 1.44 bits per heavy atom. The van der Waals surface area contributed by atoms with Crippen LogP contribution < -0.4 is 5.73 Å². The first-order chi connectivity index (χ1) is 7.84. The summed E-state index contributed by atoms with van der Waals surface area (Å²) >= 11 is 0. The molecule has 0 aliphatic heterocycles. The second-order valence-corrected chi connectivity index (χ2v) is 6.41. The van der Waals surface area contributed by atoms with Crippen LogP contribution in [-0.2, 0) is 9.53 Å². The maximum atomic E-state index is 10.5. The summed E-state index contributed by atoms with van der Waals surface area (Å²) in [7, 11) is 0. The summed E-state index contributed by atoms with van der Waals surface area (Å²) in [6.45, 7) is 19.5. The molecule has 0 bridgehead atoms. The molecule has 2 N–H and O–H groups in total. The van der Waals surface area contributed by atoms with Crippen LogP contribution in [-0.4, -0.2) is 17.1 Å². The fraction of sp³-hybridized carbons (Fsp3) is 0.800. The number of ether oxygens (including phenoxy) is 1. The summed E-state index contributed by atoms with van der Waals surface area (Å²) in [5.41, 5.74) is 5.60. The highest BCUT2D eigenvalue weighted by atomic mass is 16.6. The summed E-state index contributed by atoms with van der Waals surface area (Å²) < 4.78 is 4.83. The summed E-state index contributed by atoms with van der Waals surface area (Å²) in [4.78, 5) is 10.5. The Morgan fingerprint density at radius 1 is 1.11 bits per heavy atom. The van der Waals surface area contributed by atoms with E-state index in [1.807, 2.05) is 20.8 Å². The molecule has 0 aromatic carbocycles. The van der Waals surface area contributed by atoms with Gasteiger partial charge in [-0.15, -0.1) is 0 Å². The van der Waals surface area contributed by atoms with E-state index in [2.05, 4.69) is 41.2 Å². The van der Waals surface area contributed by atoms with Gasteiger partial charge in [0.05, 0.1) is 0 Å². The number of hydrogen-bond donors (Lipinski definition) is 1. The monoisotopic (exact) mass is 257 g/mol. The number of hydrogen-bond acceptors (Lipinski definition) is 3. The number of nitrogens with two attached hydrogens (primary N) is 1. The lowest BCUT2D eigenvalue weighted by Gasteiger charge is -2.33. The zero-order chi connectivity index (χ0) is 15.1. The standard InChI is InChI=1S/C8H19N.C7H12O2/c1-6(2)8(5,9)7(3)4;1-5-6(8)9-7(2,3)4/h6-7H,9H2,1-5H3;5H,1H2,2-4H3. The van der Waals surface area contributed by atoms with Crippen LogP contribution >= 0.6 is 0 Å². The van der Waals surface area contributed by atoms with Crippen molar-refractivity contribution >= 4 is 5.97 Å². The average molecular weight is 257 g/mol. The van der Waals surface area contributed by atoms with E-state index in [0.29, 0.717) is 11.8 Å².